The molecule has 8 heteroatoms. The van der Waals surface area contributed by atoms with Crippen LogP contribution in [0.1, 0.15) is 24.2 Å². The maximum absolute atomic E-state index is 13.1. The number of amides is 1. The van der Waals surface area contributed by atoms with E-state index < -0.39 is 10.0 Å². The van der Waals surface area contributed by atoms with E-state index in [1.54, 1.807) is 30.3 Å². The molecule has 0 atom stereocenters. The molecule has 2 aromatic rings. The molecule has 156 valence electrons. The summed E-state index contributed by atoms with van der Waals surface area (Å²) in [5.74, 6) is 0.115. The van der Waals surface area contributed by atoms with Gasteiger partial charge in [-0.2, -0.15) is 4.31 Å². The molecule has 0 aliphatic carbocycles. The van der Waals surface area contributed by atoms with Gasteiger partial charge in [-0.3, -0.25) is 4.79 Å². The van der Waals surface area contributed by atoms with Crippen LogP contribution in [0.15, 0.2) is 53.4 Å². The zero-order valence-corrected chi connectivity index (χ0v) is 17.6. The van der Waals surface area contributed by atoms with E-state index in [0.717, 1.165) is 6.54 Å². The molecule has 1 saturated heterocycles. The third-order valence-corrected chi connectivity index (χ3v) is 6.85. The van der Waals surface area contributed by atoms with Crippen LogP contribution in [-0.4, -0.2) is 62.9 Å². The van der Waals surface area contributed by atoms with Gasteiger partial charge < -0.3 is 15.0 Å². The van der Waals surface area contributed by atoms with Gasteiger partial charge in [-0.1, -0.05) is 25.1 Å². The minimum absolute atomic E-state index is 0.147. The predicted molar refractivity (Wildman–Crippen MR) is 113 cm³/mol. The van der Waals surface area contributed by atoms with Gasteiger partial charge in [0.1, 0.15) is 5.75 Å². The van der Waals surface area contributed by atoms with Crippen LogP contribution in [0.2, 0.25) is 0 Å². The van der Waals surface area contributed by atoms with E-state index in [1.807, 2.05) is 13.0 Å². The first-order valence-electron chi connectivity index (χ1n) is 9.81. The average Bonchev–Trinajstić information content (AvgIpc) is 2.75. The van der Waals surface area contributed by atoms with Crippen molar-refractivity contribution in [1.82, 2.24) is 9.21 Å². The fourth-order valence-electron chi connectivity index (χ4n) is 3.27. The first-order chi connectivity index (χ1) is 14.0. The van der Waals surface area contributed by atoms with Gasteiger partial charge in [0.2, 0.25) is 10.0 Å². The molecular formula is C21H27N3O4S. The number of anilines is 1. The van der Waals surface area contributed by atoms with E-state index >= 15 is 0 Å². The van der Waals surface area contributed by atoms with Gasteiger partial charge in [-0.05, 0) is 43.8 Å². The highest BCUT2D eigenvalue weighted by Gasteiger charge is 2.29. The van der Waals surface area contributed by atoms with Gasteiger partial charge in [0.15, 0.2) is 0 Å². The number of piperazine rings is 1. The normalized spacial score (nSPS) is 15.8. The van der Waals surface area contributed by atoms with Crippen LogP contribution in [0.4, 0.5) is 5.69 Å². The van der Waals surface area contributed by atoms with E-state index in [-0.39, 0.29) is 10.8 Å². The fourth-order valence-corrected chi connectivity index (χ4v) is 4.72. The lowest BCUT2D eigenvalue weighted by molar-refractivity contribution is 0.102. The summed E-state index contributed by atoms with van der Waals surface area (Å²) in [7, 11) is -3.65. The van der Waals surface area contributed by atoms with Gasteiger partial charge in [-0.25, -0.2) is 8.42 Å². The van der Waals surface area contributed by atoms with Gasteiger partial charge in [-0.15, -0.1) is 0 Å². The Morgan fingerprint density at radius 3 is 2.34 bits per heavy atom. The highest BCUT2D eigenvalue weighted by atomic mass is 32.2. The number of benzene rings is 2. The zero-order chi connectivity index (χ0) is 20.9. The third-order valence-electron chi connectivity index (χ3n) is 4.95. The lowest BCUT2D eigenvalue weighted by atomic mass is 10.2. The standard InChI is InChI=1S/C21H27N3O4S/c1-3-23-12-14-24(15-13-23)29(26,27)18-10-11-20(28-4-2)19(16-18)22-21(25)17-8-6-5-7-9-17/h5-11,16H,3-4,12-15H2,1-2H3,(H,22,25). The van der Waals surface area contributed by atoms with E-state index in [0.29, 0.717) is 49.8 Å². The molecule has 1 aliphatic heterocycles. The topological polar surface area (TPSA) is 79.0 Å². The Morgan fingerprint density at radius 2 is 1.72 bits per heavy atom. The SMILES string of the molecule is CCOc1ccc(S(=O)(=O)N2CCN(CC)CC2)cc1NC(=O)c1ccccc1. The van der Waals surface area contributed by atoms with Crippen LogP contribution in [0, 0.1) is 0 Å². The van der Waals surface area contributed by atoms with Crippen LogP contribution < -0.4 is 10.1 Å². The minimum Gasteiger partial charge on any atom is -0.492 e. The van der Waals surface area contributed by atoms with Gasteiger partial charge >= 0.3 is 0 Å². The molecule has 0 saturated carbocycles. The Hall–Kier alpha value is -2.42. The number of hydrogen-bond acceptors (Lipinski definition) is 5. The van der Waals surface area contributed by atoms with Crippen molar-refractivity contribution < 1.29 is 17.9 Å². The lowest BCUT2D eigenvalue weighted by Crippen LogP contribution is -2.48. The Labute approximate surface area is 172 Å². The van der Waals surface area contributed by atoms with Crippen molar-refractivity contribution in [2.75, 3.05) is 44.6 Å². The number of likely N-dealkylation sites (N-methyl/N-ethyl adjacent to an activating group) is 1. The summed E-state index contributed by atoms with van der Waals surface area (Å²) in [5, 5.41) is 2.79. The Morgan fingerprint density at radius 1 is 1.03 bits per heavy atom. The number of sulfonamides is 1. The van der Waals surface area contributed by atoms with E-state index in [2.05, 4.69) is 17.1 Å². The predicted octanol–water partition coefficient (Wildman–Crippen LogP) is 2.66. The van der Waals surface area contributed by atoms with Crippen molar-refractivity contribution in [3.63, 3.8) is 0 Å². The molecule has 29 heavy (non-hydrogen) atoms. The van der Waals surface area contributed by atoms with Crippen LogP contribution in [0.25, 0.3) is 0 Å². The monoisotopic (exact) mass is 417 g/mol. The molecule has 1 fully saturated rings. The summed E-state index contributed by atoms with van der Waals surface area (Å²) in [6, 6.07) is 13.4. The summed E-state index contributed by atoms with van der Waals surface area (Å²) < 4.78 is 33.3. The number of hydrogen-bond donors (Lipinski definition) is 1. The molecule has 0 bridgehead atoms. The molecule has 1 amide bonds. The molecule has 0 unspecified atom stereocenters. The van der Waals surface area contributed by atoms with Crippen LogP contribution in [0.5, 0.6) is 5.75 Å². The molecular weight excluding hydrogens is 390 g/mol. The first kappa shape index (κ1) is 21.3. The second-order valence-corrected chi connectivity index (χ2v) is 8.69. The lowest BCUT2D eigenvalue weighted by Gasteiger charge is -2.33. The largest absolute Gasteiger partial charge is 0.492 e. The molecule has 0 aromatic heterocycles. The number of nitrogens with one attached hydrogen (secondary N) is 1. The van der Waals surface area contributed by atoms with Gasteiger partial charge in [0, 0.05) is 31.7 Å². The van der Waals surface area contributed by atoms with Crippen molar-refractivity contribution >= 4 is 21.6 Å². The number of carbonyl (C=O) groups excluding carboxylic acids is 1. The Balaban J connectivity index is 1.87. The second kappa shape index (κ2) is 9.39. The molecule has 3 rings (SSSR count). The summed E-state index contributed by atoms with van der Waals surface area (Å²) in [4.78, 5) is 14.9. The molecule has 1 N–H and O–H groups in total. The first-order valence-corrected chi connectivity index (χ1v) is 11.3. The van der Waals surface area contributed by atoms with Crippen molar-refractivity contribution in [1.29, 1.82) is 0 Å². The highest BCUT2D eigenvalue weighted by molar-refractivity contribution is 7.89. The van der Waals surface area contributed by atoms with E-state index in [4.69, 9.17) is 4.74 Å². The molecule has 1 aliphatic rings. The second-order valence-electron chi connectivity index (χ2n) is 6.75. The summed E-state index contributed by atoms with van der Waals surface area (Å²) in [6.45, 7) is 7.55. The number of rotatable bonds is 7. The molecule has 0 radical (unpaired) electrons. The van der Waals surface area contributed by atoms with Crippen molar-refractivity contribution in [2.45, 2.75) is 18.7 Å². The van der Waals surface area contributed by atoms with Gasteiger partial charge in [0.05, 0.1) is 17.2 Å². The fraction of sp³-hybridized carbons (Fsp3) is 0.381. The van der Waals surface area contributed by atoms with Gasteiger partial charge in [0.25, 0.3) is 5.91 Å². The summed E-state index contributed by atoms with van der Waals surface area (Å²) in [6.07, 6.45) is 0. The maximum atomic E-state index is 13.1. The highest BCUT2D eigenvalue weighted by Crippen LogP contribution is 2.30. The van der Waals surface area contributed by atoms with Crippen LogP contribution in [0.3, 0.4) is 0 Å². The molecule has 0 spiro atoms. The number of carbonyl (C=O) groups is 1. The smallest absolute Gasteiger partial charge is 0.255 e. The number of nitrogens with zero attached hydrogens (tertiary/aromatic N) is 2. The van der Waals surface area contributed by atoms with E-state index in [1.165, 1.54) is 16.4 Å². The van der Waals surface area contributed by atoms with Crippen molar-refractivity contribution in [3.8, 4) is 5.75 Å². The quantitative estimate of drug-likeness (QED) is 0.749. The molecule has 2 aromatic carbocycles. The summed E-state index contributed by atoms with van der Waals surface area (Å²) in [5.41, 5.74) is 0.827. The maximum Gasteiger partial charge on any atom is 0.255 e. The van der Waals surface area contributed by atoms with Crippen molar-refractivity contribution in [2.24, 2.45) is 0 Å². The number of ether oxygens (including phenoxy) is 1. The molecule has 1 heterocycles. The Bertz CT molecular complexity index is 940. The summed E-state index contributed by atoms with van der Waals surface area (Å²) >= 11 is 0. The third kappa shape index (κ3) is 4.95. The zero-order valence-electron chi connectivity index (χ0n) is 16.8. The molecule has 7 nitrogen and oxygen atoms in total. The van der Waals surface area contributed by atoms with Crippen LogP contribution in [-0.2, 0) is 10.0 Å². The minimum atomic E-state index is -3.65. The average molecular weight is 418 g/mol. The van der Waals surface area contributed by atoms with Crippen LogP contribution >= 0.6 is 0 Å². The Kier molecular flexibility index (Phi) is 6.89. The van der Waals surface area contributed by atoms with E-state index in [9.17, 15) is 13.2 Å². The van der Waals surface area contributed by atoms with Crippen molar-refractivity contribution in [3.05, 3.63) is 54.1 Å².